The predicted molar refractivity (Wildman–Crippen MR) is 45.5 cm³/mol. The minimum absolute atomic E-state index is 0.00463. The van der Waals surface area contributed by atoms with Crippen molar-refractivity contribution in [1.82, 2.24) is 10.3 Å². The van der Waals surface area contributed by atoms with Crippen molar-refractivity contribution in [2.75, 3.05) is 5.73 Å². The molecule has 0 saturated heterocycles. The number of halogens is 1. The number of nitrogens with one attached hydrogen (secondary N) is 1. The fraction of sp³-hybridized carbons (Fsp3) is 0. The molecule has 1 aromatic heterocycles. The van der Waals surface area contributed by atoms with Crippen molar-refractivity contribution >= 4 is 29.2 Å². The van der Waals surface area contributed by atoms with E-state index in [2.05, 4.69) is 10.3 Å². The highest BCUT2D eigenvalue weighted by molar-refractivity contribution is 6.37. The third-order valence-corrected chi connectivity index (χ3v) is 1.96. The molecule has 2 rings (SSSR count). The number of carbonyl (C=O) groups is 2. The summed E-state index contributed by atoms with van der Waals surface area (Å²) in [7, 11) is 0. The lowest BCUT2D eigenvalue weighted by Gasteiger charge is -1.98. The van der Waals surface area contributed by atoms with Crippen LogP contribution in [0.5, 0.6) is 0 Å². The largest absolute Gasteiger partial charge is 0.384 e. The van der Waals surface area contributed by atoms with Gasteiger partial charge in [-0.05, 0) is 6.07 Å². The fourth-order valence-electron chi connectivity index (χ4n) is 1.14. The van der Waals surface area contributed by atoms with Gasteiger partial charge in [0, 0.05) is 0 Å². The normalized spacial score (nSPS) is 14.2. The zero-order valence-electron chi connectivity index (χ0n) is 6.30. The molecule has 2 amide bonds. The molecule has 1 aliphatic heterocycles. The number of nitrogen functional groups attached to an aromatic ring is 1. The van der Waals surface area contributed by atoms with Gasteiger partial charge in [0.1, 0.15) is 11.5 Å². The first-order chi connectivity index (χ1) is 6.09. The Balaban J connectivity index is 2.77. The van der Waals surface area contributed by atoms with Crippen molar-refractivity contribution < 1.29 is 9.59 Å². The topological polar surface area (TPSA) is 85.1 Å². The quantitative estimate of drug-likeness (QED) is 0.582. The van der Waals surface area contributed by atoms with E-state index in [1.54, 1.807) is 0 Å². The van der Waals surface area contributed by atoms with Crippen LogP contribution in [0.15, 0.2) is 6.07 Å². The van der Waals surface area contributed by atoms with E-state index in [0.29, 0.717) is 0 Å². The third-order valence-electron chi connectivity index (χ3n) is 1.66. The van der Waals surface area contributed by atoms with Crippen LogP contribution in [0.2, 0.25) is 5.02 Å². The van der Waals surface area contributed by atoms with Gasteiger partial charge < -0.3 is 5.73 Å². The Hall–Kier alpha value is -1.62. The minimum atomic E-state index is -0.561. The highest BCUT2D eigenvalue weighted by Crippen LogP contribution is 2.24. The van der Waals surface area contributed by atoms with Crippen LogP contribution in [0.4, 0.5) is 5.82 Å². The second-order valence-electron chi connectivity index (χ2n) is 2.54. The van der Waals surface area contributed by atoms with Gasteiger partial charge in [0.05, 0.1) is 10.6 Å². The van der Waals surface area contributed by atoms with E-state index < -0.39 is 11.8 Å². The average Bonchev–Trinajstić information content (AvgIpc) is 2.27. The zero-order valence-corrected chi connectivity index (χ0v) is 7.05. The van der Waals surface area contributed by atoms with Crippen LogP contribution >= 0.6 is 11.6 Å². The van der Waals surface area contributed by atoms with Crippen LogP contribution in [0, 0.1) is 0 Å². The first-order valence-corrected chi connectivity index (χ1v) is 3.79. The summed E-state index contributed by atoms with van der Waals surface area (Å²) in [5.41, 5.74) is 5.45. The Morgan fingerprint density at radius 1 is 1.38 bits per heavy atom. The summed E-state index contributed by atoms with van der Waals surface area (Å²) in [5.74, 6) is -0.972. The molecule has 1 aliphatic rings. The number of anilines is 1. The summed E-state index contributed by atoms with van der Waals surface area (Å²) < 4.78 is 0. The summed E-state index contributed by atoms with van der Waals surface area (Å²) in [6.07, 6.45) is 0. The molecule has 2 heterocycles. The number of nitrogens with zero attached hydrogens (tertiary/aromatic N) is 1. The van der Waals surface area contributed by atoms with Crippen LogP contribution in [0.25, 0.3) is 0 Å². The number of pyridine rings is 1. The fourth-order valence-corrected chi connectivity index (χ4v) is 1.42. The van der Waals surface area contributed by atoms with Crippen molar-refractivity contribution in [1.29, 1.82) is 0 Å². The van der Waals surface area contributed by atoms with Crippen molar-refractivity contribution in [3.63, 3.8) is 0 Å². The van der Waals surface area contributed by atoms with Crippen LogP contribution < -0.4 is 11.1 Å². The van der Waals surface area contributed by atoms with Crippen LogP contribution in [0.3, 0.4) is 0 Å². The molecule has 0 atom stereocenters. The molecule has 6 heteroatoms. The van der Waals surface area contributed by atoms with E-state index >= 15 is 0 Å². The minimum Gasteiger partial charge on any atom is -0.384 e. The molecule has 0 fully saturated rings. The van der Waals surface area contributed by atoms with Crippen LogP contribution in [-0.2, 0) is 0 Å². The zero-order chi connectivity index (χ0) is 9.59. The standard InChI is InChI=1S/C7H4ClN3O2/c8-2-1-3(9)10-5-4(2)6(12)11-7(5)13/h1H,(H2,9,10)(H,11,12,13). The molecule has 0 radical (unpaired) electrons. The van der Waals surface area contributed by atoms with Gasteiger partial charge in [0.15, 0.2) is 0 Å². The van der Waals surface area contributed by atoms with E-state index in [1.807, 2.05) is 0 Å². The molecule has 13 heavy (non-hydrogen) atoms. The third kappa shape index (κ3) is 1.05. The second-order valence-corrected chi connectivity index (χ2v) is 2.94. The second kappa shape index (κ2) is 2.43. The number of carbonyl (C=O) groups excluding carboxylic acids is 2. The summed E-state index contributed by atoms with van der Waals surface area (Å²) in [6, 6.07) is 1.33. The van der Waals surface area contributed by atoms with Gasteiger partial charge >= 0.3 is 0 Å². The Kier molecular flexibility index (Phi) is 1.50. The number of nitrogens with two attached hydrogens (primary N) is 1. The molecule has 3 N–H and O–H groups in total. The molecule has 1 aromatic rings. The molecule has 0 unspecified atom stereocenters. The Bertz CT molecular complexity index is 430. The van der Waals surface area contributed by atoms with E-state index in [0.717, 1.165) is 0 Å². The number of hydrogen-bond donors (Lipinski definition) is 2. The molecular formula is C7H4ClN3O2. The highest BCUT2D eigenvalue weighted by Gasteiger charge is 2.31. The molecule has 0 aromatic carbocycles. The maximum absolute atomic E-state index is 11.1. The van der Waals surface area contributed by atoms with Crippen molar-refractivity contribution in [3.05, 3.63) is 22.3 Å². The number of fused-ring (bicyclic) bond motifs is 1. The van der Waals surface area contributed by atoms with Gasteiger partial charge in [-0.15, -0.1) is 0 Å². The maximum Gasteiger partial charge on any atom is 0.277 e. The van der Waals surface area contributed by atoms with Gasteiger partial charge in [0.2, 0.25) is 0 Å². The van der Waals surface area contributed by atoms with Crippen molar-refractivity contribution in [3.8, 4) is 0 Å². The first-order valence-electron chi connectivity index (χ1n) is 3.41. The van der Waals surface area contributed by atoms with Crippen LogP contribution in [-0.4, -0.2) is 16.8 Å². The van der Waals surface area contributed by atoms with Crippen molar-refractivity contribution in [2.24, 2.45) is 0 Å². The van der Waals surface area contributed by atoms with Crippen molar-refractivity contribution in [2.45, 2.75) is 0 Å². The van der Waals surface area contributed by atoms with Gasteiger partial charge in [-0.1, -0.05) is 11.6 Å². The lowest BCUT2D eigenvalue weighted by Crippen LogP contribution is -2.20. The van der Waals surface area contributed by atoms with Crippen LogP contribution in [0.1, 0.15) is 20.8 Å². The summed E-state index contributed by atoms with van der Waals surface area (Å²) in [5, 5.41) is 2.21. The smallest absolute Gasteiger partial charge is 0.277 e. The van der Waals surface area contributed by atoms with E-state index in [4.69, 9.17) is 17.3 Å². The molecule has 66 valence electrons. The molecule has 0 saturated carbocycles. The van der Waals surface area contributed by atoms with Gasteiger partial charge in [-0.25, -0.2) is 4.98 Å². The number of rotatable bonds is 0. The van der Waals surface area contributed by atoms with Gasteiger partial charge in [-0.3, -0.25) is 14.9 Å². The monoisotopic (exact) mass is 197 g/mol. The summed E-state index contributed by atoms with van der Waals surface area (Å²) in [4.78, 5) is 25.9. The average molecular weight is 198 g/mol. The van der Waals surface area contributed by atoms with Gasteiger partial charge in [0.25, 0.3) is 11.8 Å². The number of amides is 2. The lowest BCUT2D eigenvalue weighted by atomic mass is 10.2. The predicted octanol–water partition coefficient (Wildman–Crippen LogP) is 0.201. The highest BCUT2D eigenvalue weighted by atomic mass is 35.5. The summed E-state index contributed by atoms with van der Waals surface area (Å²) >= 11 is 5.70. The number of hydrogen-bond acceptors (Lipinski definition) is 4. The Morgan fingerprint density at radius 2 is 2.08 bits per heavy atom. The Labute approximate surface area is 77.9 Å². The van der Waals surface area contributed by atoms with E-state index in [9.17, 15) is 9.59 Å². The van der Waals surface area contributed by atoms with E-state index in [-0.39, 0.29) is 22.1 Å². The molecule has 0 bridgehead atoms. The Morgan fingerprint density at radius 3 is 2.77 bits per heavy atom. The molecule has 0 spiro atoms. The van der Waals surface area contributed by atoms with Gasteiger partial charge in [-0.2, -0.15) is 0 Å². The lowest BCUT2D eigenvalue weighted by molar-refractivity contribution is 0.0878. The molecular weight excluding hydrogens is 194 g/mol. The SMILES string of the molecule is Nc1cc(Cl)c2c(n1)C(=O)NC2=O. The number of imide groups is 1. The molecule has 0 aliphatic carbocycles. The maximum atomic E-state index is 11.1. The number of aromatic nitrogens is 1. The molecule has 5 nitrogen and oxygen atoms in total. The first kappa shape index (κ1) is 8.00. The summed E-state index contributed by atoms with van der Waals surface area (Å²) in [6.45, 7) is 0. The van der Waals surface area contributed by atoms with E-state index in [1.165, 1.54) is 6.07 Å².